The van der Waals surface area contributed by atoms with Crippen molar-refractivity contribution < 1.29 is 68.3 Å². The van der Waals surface area contributed by atoms with Gasteiger partial charge in [0.2, 0.25) is 0 Å². The van der Waals surface area contributed by atoms with Gasteiger partial charge in [-0.1, -0.05) is 102 Å². The summed E-state index contributed by atoms with van der Waals surface area (Å²) in [7, 11) is 0. The molecule has 15 N–H and O–H groups in total. The Morgan fingerprint density at radius 1 is 0.656 bits per heavy atom. The van der Waals surface area contributed by atoms with E-state index >= 15 is 0 Å². The Labute approximate surface area is 353 Å². The van der Waals surface area contributed by atoms with Gasteiger partial charge in [0.1, 0.15) is 30.1 Å². The summed E-state index contributed by atoms with van der Waals surface area (Å²) in [5.41, 5.74) is 27.1. The number of carbonyl (C=O) groups excluding carboxylic acids is 4. The number of esters is 2. The number of nitrogens with two attached hydrogens (primary N) is 5. The van der Waals surface area contributed by atoms with Crippen molar-refractivity contribution in [2.45, 2.75) is 114 Å². The molecule has 0 saturated heterocycles. The lowest BCUT2D eigenvalue weighted by Gasteiger charge is -2.40. The minimum atomic E-state index is -2.67. The predicted molar refractivity (Wildman–Crippen MR) is 217 cm³/mol. The summed E-state index contributed by atoms with van der Waals surface area (Å²) in [5, 5.41) is 41.5. The van der Waals surface area contributed by atoms with E-state index in [2.05, 4.69) is 5.48 Å². The van der Waals surface area contributed by atoms with E-state index in [9.17, 15) is 54.0 Å². The average Bonchev–Trinajstić information content (AvgIpc) is 3.21. The molecule has 0 radical (unpaired) electrons. The van der Waals surface area contributed by atoms with Crippen molar-refractivity contribution in [2.24, 2.45) is 52.3 Å². The van der Waals surface area contributed by atoms with Crippen molar-refractivity contribution >= 4 is 41.6 Å². The van der Waals surface area contributed by atoms with Gasteiger partial charge in [0.05, 0.1) is 12.1 Å². The Balaban J connectivity index is 2.50. The normalized spacial score (nSPS) is 17.6. The Morgan fingerprint density at radius 3 is 1.59 bits per heavy atom. The highest BCUT2D eigenvalue weighted by Crippen LogP contribution is 2.31. The molecule has 0 fully saturated rings. The topological polar surface area (TPSA) is 370 Å². The molecule has 20 heteroatoms. The minimum Gasteiger partial charge on any atom is -0.480 e. The Hall–Kier alpha value is -5.35. The standard InChI is InChI=1S/C41H60N6O14/c1-21(2)39(44,36(53)54)28(49)18-17-27(48)26(19-24-13-9-7-10-14-24)47-61-35(52)31(43)32(41(46,23(5)6)38(57)58)60-34(51)30(42)29(40(45,22(3)4)37(55)56)33(50)59-20-25-15-11-8-12-16-25/h7-16,21-23,26-27,29-32,47-48H,17-20,42-46H2,1-6H3,(H,53,54)(H,55,56)(H,57,58)/t26-,27-,29+,30-,31-,32-,39-,40-,41-/m0/s1. The summed E-state index contributed by atoms with van der Waals surface area (Å²) in [6, 6.07) is 10.9. The van der Waals surface area contributed by atoms with Gasteiger partial charge in [0.15, 0.2) is 23.0 Å². The molecule has 0 aliphatic carbocycles. The molecule has 2 rings (SSSR count). The van der Waals surface area contributed by atoms with Gasteiger partial charge in [-0.3, -0.25) is 24.0 Å². The zero-order chi connectivity index (χ0) is 46.6. The number of carboxylic acids is 3. The summed E-state index contributed by atoms with van der Waals surface area (Å²) in [5.74, 6) is -15.5. The third kappa shape index (κ3) is 12.2. The fraction of sp³-hybridized carbons (Fsp3) is 0.537. The molecule has 0 heterocycles. The number of aliphatic carboxylic acids is 3. The van der Waals surface area contributed by atoms with Crippen LogP contribution in [0.15, 0.2) is 60.7 Å². The maximum Gasteiger partial charge on any atom is 0.345 e. The van der Waals surface area contributed by atoms with Crippen molar-refractivity contribution in [2.75, 3.05) is 0 Å². The average molecular weight is 861 g/mol. The molecule has 0 saturated carbocycles. The number of hydroxylamine groups is 1. The second-order valence-electron chi connectivity index (χ2n) is 16.0. The van der Waals surface area contributed by atoms with Crippen LogP contribution in [0.4, 0.5) is 0 Å². The van der Waals surface area contributed by atoms with E-state index in [-0.39, 0.29) is 19.4 Å². The molecule has 0 aliphatic rings. The zero-order valence-corrected chi connectivity index (χ0v) is 35.1. The number of carbonyl (C=O) groups is 7. The van der Waals surface area contributed by atoms with E-state index in [1.165, 1.54) is 41.5 Å². The van der Waals surface area contributed by atoms with Gasteiger partial charge >= 0.3 is 35.8 Å². The number of benzene rings is 2. The van der Waals surface area contributed by atoms with E-state index in [1.54, 1.807) is 60.7 Å². The molecule has 2 aromatic carbocycles. The summed E-state index contributed by atoms with van der Waals surface area (Å²) in [4.78, 5) is 96.8. The van der Waals surface area contributed by atoms with Crippen LogP contribution >= 0.6 is 0 Å². The lowest BCUT2D eigenvalue weighted by atomic mass is 9.72. The van der Waals surface area contributed by atoms with E-state index < -0.39 is 119 Å². The maximum absolute atomic E-state index is 13.9. The Kier molecular flexibility index (Phi) is 18.6. The molecular formula is C41H60N6O14. The van der Waals surface area contributed by atoms with Crippen LogP contribution in [-0.2, 0) is 60.9 Å². The molecule has 61 heavy (non-hydrogen) atoms. The number of ketones is 1. The molecule has 0 aliphatic heterocycles. The molecule has 0 amide bonds. The summed E-state index contributed by atoms with van der Waals surface area (Å²) < 4.78 is 10.8. The van der Waals surface area contributed by atoms with Crippen molar-refractivity contribution in [3.05, 3.63) is 71.8 Å². The van der Waals surface area contributed by atoms with Crippen LogP contribution in [0.5, 0.6) is 0 Å². The van der Waals surface area contributed by atoms with Gasteiger partial charge in [-0.05, 0) is 41.7 Å². The van der Waals surface area contributed by atoms with Crippen molar-refractivity contribution in [3.63, 3.8) is 0 Å². The van der Waals surface area contributed by atoms with E-state index in [0.29, 0.717) is 11.1 Å². The monoisotopic (exact) mass is 860 g/mol. The fourth-order valence-corrected chi connectivity index (χ4v) is 6.53. The van der Waals surface area contributed by atoms with Crippen molar-refractivity contribution in [3.8, 4) is 0 Å². The molecule has 0 spiro atoms. The smallest absolute Gasteiger partial charge is 0.345 e. The lowest BCUT2D eigenvalue weighted by molar-refractivity contribution is -0.179. The largest absolute Gasteiger partial charge is 0.480 e. The number of nitrogens with one attached hydrogen (secondary N) is 1. The first kappa shape index (κ1) is 51.8. The second-order valence-corrected chi connectivity index (χ2v) is 16.0. The van der Waals surface area contributed by atoms with Crippen LogP contribution in [0.25, 0.3) is 0 Å². The van der Waals surface area contributed by atoms with Gasteiger partial charge < -0.3 is 63.4 Å². The molecule has 338 valence electrons. The minimum absolute atomic E-state index is 0.0488. The molecule has 2 aromatic rings. The molecule has 0 unspecified atom stereocenters. The van der Waals surface area contributed by atoms with Crippen LogP contribution in [-0.4, -0.2) is 109 Å². The highest BCUT2D eigenvalue weighted by molar-refractivity contribution is 6.07. The molecular weight excluding hydrogens is 800 g/mol. The van der Waals surface area contributed by atoms with Gasteiger partial charge in [0, 0.05) is 6.42 Å². The second kappa shape index (κ2) is 22.0. The number of aliphatic hydroxyl groups is 1. The molecule has 0 aromatic heterocycles. The van der Waals surface area contributed by atoms with E-state index in [0.717, 1.165) is 0 Å². The first-order chi connectivity index (χ1) is 28.3. The van der Waals surface area contributed by atoms with Crippen LogP contribution in [0.1, 0.15) is 65.5 Å². The Bertz CT molecular complexity index is 1850. The van der Waals surface area contributed by atoms with Crippen LogP contribution in [0.3, 0.4) is 0 Å². The van der Waals surface area contributed by atoms with Gasteiger partial charge in [-0.15, -0.1) is 5.48 Å². The van der Waals surface area contributed by atoms with Crippen molar-refractivity contribution in [1.82, 2.24) is 5.48 Å². The molecule has 20 nitrogen and oxygen atoms in total. The summed E-state index contributed by atoms with van der Waals surface area (Å²) in [6.45, 7) is 7.87. The number of hydrogen-bond donors (Lipinski definition) is 10. The van der Waals surface area contributed by atoms with Gasteiger partial charge in [-0.2, -0.15) is 0 Å². The van der Waals surface area contributed by atoms with Gasteiger partial charge in [0.25, 0.3) is 0 Å². The number of hydrogen-bond acceptors (Lipinski definition) is 17. The van der Waals surface area contributed by atoms with E-state index in [4.69, 9.17) is 43.0 Å². The quantitative estimate of drug-likeness (QED) is 0.0263. The van der Waals surface area contributed by atoms with Crippen LogP contribution in [0, 0.1) is 23.7 Å². The number of rotatable bonds is 25. The first-order valence-corrected chi connectivity index (χ1v) is 19.5. The number of Topliss-reactive ketones (excluding diaryl/α,β-unsaturated/α-hetero) is 1. The lowest BCUT2D eigenvalue weighted by Crippen LogP contribution is -2.70. The van der Waals surface area contributed by atoms with Crippen LogP contribution in [0.2, 0.25) is 0 Å². The highest BCUT2D eigenvalue weighted by Gasteiger charge is 2.57. The highest BCUT2D eigenvalue weighted by atomic mass is 16.7. The van der Waals surface area contributed by atoms with Gasteiger partial charge in [-0.25, -0.2) is 9.59 Å². The fourth-order valence-electron chi connectivity index (χ4n) is 6.53. The number of aliphatic hydroxyl groups excluding tert-OH is 1. The number of carboxylic acid groups (broad SMARTS) is 3. The molecule has 0 bridgehead atoms. The summed E-state index contributed by atoms with van der Waals surface area (Å²) >= 11 is 0. The van der Waals surface area contributed by atoms with Crippen LogP contribution < -0.4 is 34.1 Å². The number of ether oxygens (including phenoxy) is 2. The maximum atomic E-state index is 13.9. The SMILES string of the molecule is CC(C)[C@@](N)(C(=O)O)C(=O)CC[C@H](O)[C@H](Cc1ccccc1)NOC(=O)[C@@H](N)[C@H](OC(=O)[C@@H](N)[C@H](C(=O)OCc1ccccc1)[C@](N)(C(=O)O)C(C)C)[C@](N)(C(=O)O)C(C)C. The zero-order valence-electron chi connectivity index (χ0n) is 35.1. The van der Waals surface area contributed by atoms with Crippen molar-refractivity contribution in [1.29, 1.82) is 0 Å². The molecule has 9 atom stereocenters. The van der Waals surface area contributed by atoms with E-state index in [1.807, 2.05) is 0 Å². The third-order valence-electron chi connectivity index (χ3n) is 11.1. The first-order valence-electron chi connectivity index (χ1n) is 19.5. The summed E-state index contributed by atoms with van der Waals surface area (Å²) in [6.07, 6.45) is -4.72. The predicted octanol–water partition coefficient (Wildman–Crippen LogP) is -0.404. The third-order valence-corrected chi connectivity index (χ3v) is 11.1. The Morgan fingerprint density at radius 2 is 1.15 bits per heavy atom.